The minimum atomic E-state index is -0.695. The SMILES string of the molecule is Cc1c(C(=O)Oc2ccc(F)cc2)oc2c1/C(=N/NC(=O)c1ccc(Cl)cc1Cl)CCC2. The predicted molar refractivity (Wildman–Crippen MR) is 118 cm³/mol. The number of fused-ring (bicyclic) bond motifs is 1. The maximum absolute atomic E-state index is 13.1. The van der Waals surface area contributed by atoms with Crippen LogP contribution in [0.3, 0.4) is 0 Å². The first kappa shape index (κ1) is 22.0. The molecule has 164 valence electrons. The van der Waals surface area contributed by atoms with E-state index in [4.69, 9.17) is 32.4 Å². The van der Waals surface area contributed by atoms with Gasteiger partial charge in [0.25, 0.3) is 5.91 Å². The number of halogens is 3. The second-order valence-electron chi connectivity index (χ2n) is 7.17. The molecule has 0 fully saturated rings. The molecule has 1 aliphatic rings. The van der Waals surface area contributed by atoms with E-state index >= 15 is 0 Å². The number of aryl methyl sites for hydroxylation is 1. The summed E-state index contributed by atoms with van der Waals surface area (Å²) in [5, 5.41) is 4.90. The number of hydrazone groups is 1. The summed E-state index contributed by atoms with van der Waals surface area (Å²) in [6.45, 7) is 1.72. The van der Waals surface area contributed by atoms with Crippen molar-refractivity contribution in [3.63, 3.8) is 0 Å². The lowest BCUT2D eigenvalue weighted by molar-refractivity contribution is 0.0698. The van der Waals surface area contributed by atoms with Crippen LogP contribution in [0.5, 0.6) is 5.75 Å². The summed E-state index contributed by atoms with van der Waals surface area (Å²) in [5.41, 5.74) is 4.57. The van der Waals surface area contributed by atoms with Crippen LogP contribution < -0.4 is 10.2 Å². The highest BCUT2D eigenvalue weighted by molar-refractivity contribution is 6.36. The van der Waals surface area contributed by atoms with Gasteiger partial charge in [-0.25, -0.2) is 14.6 Å². The normalized spacial score (nSPS) is 14.2. The number of amides is 1. The van der Waals surface area contributed by atoms with E-state index < -0.39 is 17.7 Å². The second-order valence-corrected chi connectivity index (χ2v) is 8.02. The van der Waals surface area contributed by atoms with E-state index in [1.807, 2.05) is 0 Å². The van der Waals surface area contributed by atoms with Crippen LogP contribution in [0.2, 0.25) is 10.0 Å². The third-order valence-electron chi connectivity index (χ3n) is 5.00. The van der Waals surface area contributed by atoms with E-state index in [0.29, 0.717) is 40.5 Å². The standard InChI is InChI=1S/C23H17Cl2FN2O4/c1-12-20-18(27-28-22(29)16-10-5-13(24)11-17(16)25)3-2-4-19(20)32-21(12)23(30)31-15-8-6-14(26)7-9-15/h5-11H,2-4H2,1H3,(H,28,29)/b27-18+. The molecule has 9 heteroatoms. The Labute approximate surface area is 193 Å². The zero-order valence-electron chi connectivity index (χ0n) is 16.9. The number of nitrogens with one attached hydrogen (secondary N) is 1. The Bertz CT molecular complexity index is 1240. The smallest absolute Gasteiger partial charge is 0.379 e. The number of hydrogen-bond donors (Lipinski definition) is 1. The maximum atomic E-state index is 13.1. The third-order valence-corrected chi connectivity index (χ3v) is 5.55. The summed E-state index contributed by atoms with van der Waals surface area (Å²) < 4.78 is 24.1. The summed E-state index contributed by atoms with van der Waals surface area (Å²) in [6, 6.07) is 9.66. The van der Waals surface area contributed by atoms with Crippen molar-refractivity contribution >= 4 is 40.8 Å². The summed E-state index contributed by atoms with van der Waals surface area (Å²) >= 11 is 12.0. The van der Waals surface area contributed by atoms with Gasteiger partial charge in [0.1, 0.15) is 17.3 Å². The van der Waals surface area contributed by atoms with Crippen molar-refractivity contribution < 1.29 is 23.1 Å². The number of benzene rings is 2. The fourth-order valence-electron chi connectivity index (χ4n) is 3.48. The number of hydrogen-bond acceptors (Lipinski definition) is 5. The molecule has 0 bridgehead atoms. The Morgan fingerprint density at radius 2 is 1.88 bits per heavy atom. The number of carbonyl (C=O) groups excluding carboxylic acids is 2. The van der Waals surface area contributed by atoms with Gasteiger partial charge in [0.05, 0.1) is 16.3 Å². The fourth-order valence-corrected chi connectivity index (χ4v) is 3.98. The predicted octanol–water partition coefficient (Wildman–Crippen LogP) is 5.72. The topological polar surface area (TPSA) is 80.9 Å². The van der Waals surface area contributed by atoms with E-state index in [-0.39, 0.29) is 22.1 Å². The van der Waals surface area contributed by atoms with Gasteiger partial charge in [-0.3, -0.25) is 4.79 Å². The summed E-state index contributed by atoms with van der Waals surface area (Å²) in [7, 11) is 0. The van der Waals surface area contributed by atoms with Gasteiger partial charge in [-0.15, -0.1) is 0 Å². The molecule has 3 aromatic rings. The molecule has 1 aliphatic carbocycles. The van der Waals surface area contributed by atoms with Gasteiger partial charge >= 0.3 is 5.97 Å². The summed E-state index contributed by atoms with van der Waals surface area (Å²) in [6.07, 6.45) is 1.95. The van der Waals surface area contributed by atoms with Crippen LogP contribution in [0.25, 0.3) is 0 Å². The monoisotopic (exact) mass is 474 g/mol. The van der Waals surface area contributed by atoms with E-state index in [9.17, 15) is 14.0 Å². The van der Waals surface area contributed by atoms with Crippen LogP contribution in [-0.2, 0) is 6.42 Å². The lowest BCUT2D eigenvalue weighted by Crippen LogP contribution is -2.22. The molecule has 32 heavy (non-hydrogen) atoms. The van der Waals surface area contributed by atoms with Crippen LogP contribution in [0.15, 0.2) is 52.0 Å². The summed E-state index contributed by atoms with van der Waals surface area (Å²) in [5.74, 6) is -0.773. The van der Waals surface area contributed by atoms with E-state index in [2.05, 4.69) is 10.5 Å². The van der Waals surface area contributed by atoms with E-state index in [1.54, 1.807) is 13.0 Å². The quantitative estimate of drug-likeness (QED) is 0.297. The van der Waals surface area contributed by atoms with Crippen LogP contribution in [0, 0.1) is 12.7 Å². The van der Waals surface area contributed by atoms with Crippen LogP contribution in [0.4, 0.5) is 4.39 Å². The molecule has 0 saturated heterocycles. The average molecular weight is 475 g/mol. The first-order valence-electron chi connectivity index (χ1n) is 9.76. The second kappa shape index (κ2) is 9.14. The Balaban J connectivity index is 1.56. The molecule has 2 aromatic carbocycles. The highest BCUT2D eigenvalue weighted by Crippen LogP contribution is 2.31. The molecule has 0 saturated carbocycles. The highest BCUT2D eigenvalue weighted by Gasteiger charge is 2.29. The van der Waals surface area contributed by atoms with E-state index in [0.717, 1.165) is 6.42 Å². The minimum absolute atomic E-state index is 0.0426. The van der Waals surface area contributed by atoms with Crippen molar-refractivity contribution in [3.8, 4) is 5.75 Å². The third kappa shape index (κ3) is 4.54. The molecule has 1 heterocycles. The molecule has 1 N–H and O–H groups in total. The Morgan fingerprint density at radius 3 is 2.59 bits per heavy atom. The molecule has 0 aliphatic heterocycles. The molecule has 0 spiro atoms. The van der Waals surface area contributed by atoms with Crippen LogP contribution >= 0.6 is 23.2 Å². The van der Waals surface area contributed by atoms with Crippen molar-refractivity contribution in [1.29, 1.82) is 0 Å². The molecule has 0 unspecified atom stereocenters. The zero-order valence-corrected chi connectivity index (χ0v) is 18.4. The number of rotatable bonds is 4. The number of ether oxygens (including phenoxy) is 1. The maximum Gasteiger partial charge on any atom is 0.379 e. The minimum Gasteiger partial charge on any atom is -0.453 e. The van der Waals surface area contributed by atoms with Gasteiger partial charge in [-0.05, 0) is 62.2 Å². The number of furan rings is 1. The molecule has 4 rings (SSSR count). The largest absolute Gasteiger partial charge is 0.453 e. The van der Waals surface area contributed by atoms with Crippen molar-refractivity contribution in [1.82, 2.24) is 5.43 Å². The van der Waals surface area contributed by atoms with Gasteiger partial charge in [-0.2, -0.15) is 5.10 Å². The van der Waals surface area contributed by atoms with E-state index in [1.165, 1.54) is 36.4 Å². The Kier molecular flexibility index (Phi) is 6.30. The van der Waals surface area contributed by atoms with Gasteiger partial charge in [-0.1, -0.05) is 23.2 Å². The zero-order chi connectivity index (χ0) is 22.8. The number of carbonyl (C=O) groups is 2. The van der Waals surface area contributed by atoms with Crippen molar-refractivity contribution in [2.45, 2.75) is 26.2 Å². The molecule has 1 aromatic heterocycles. The highest BCUT2D eigenvalue weighted by atomic mass is 35.5. The number of esters is 1. The molecule has 0 atom stereocenters. The van der Waals surface area contributed by atoms with Gasteiger partial charge in [0, 0.05) is 22.6 Å². The van der Waals surface area contributed by atoms with Gasteiger partial charge in [0.15, 0.2) is 0 Å². The molecule has 1 amide bonds. The number of nitrogens with zero attached hydrogens (tertiary/aromatic N) is 1. The fraction of sp³-hybridized carbons (Fsp3) is 0.174. The Morgan fingerprint density at radius 1 is 1.12 bits per heavy atom. The lowest BCUT2D eigenvalue weighted by Gasteiger charge is -2.13. The van der Waals surface area contributed by atoms with Gasteiger partial charge in [0.2, 0.25) is 5.76 Å². The molecular weight excluding hydrogens is 458 g/mol. The van der Waals surface area contributed by atoms with Crippen molar-refractivity contribution in [2.24, 2.45) is 5.10 Å². The first-order chi connectivity index (χ1) is 15.3. The summed E-state index contributed by atoms with van der Waals surface area (Å²) in [4.78, 5) is 25.1. The van der Waals surface area contributed by atoms with Crippen LogP contribution in [0.1, 0.15) is 50.6 Å². The lowest BCUT2D eigenvalue weighted by atomic mass is 9.93. The van der Waals surface area contributed by atoms with Crippen LogP contribution in [-0.4, -0.2) is 17.6 Å². The molecular formula is C23H17Cl2FN2O4. The molecule has 6 nitrogen and oxygen atoms in total. The van der Waals surface area contributed by atoms with Crippen molar-refractivity contribution in [2.75, 3.05) is 0 Å². The van der Waals surface area contributed by atoms with Gasteiger partial charge < -0.3 is 9.15 Å². The average Bonchev–Trinajstić information content (AvgIpc) is 3.11. The Hall–Kier alpha value is -3.16. The first-order valence-corrected chi connectivity index (χ1v) is 10.5. The molecule has 0 radical (unpaired) electrons. The van der Waals surface area contributed by atoms with Crippen molar-refractivity contribution in [3.05, 3.63) is 86.5 Å².